The third-order valence-corrected chi connectivity index (χ3v) is 5.90. The fraction of sp³-hybridized carbons (Fsp3) is 0.320. The molecule has 0 aliphatic heterocycles. The standard InChI is InChI=1S/C25H31N5O3/c1-4-30(5-2)15-19(16(3)28-29-25(26)27)21(17-11-7-6-8-12-17)22-23(31)18-13-9-10-14-20(18)33-24(22)32/h6-14,19,21,31H,4-5,15H2,1-3H3,(H4,26,27,29)/b28-16-/t19-,21-/m1/s1. The zero-order chi connectivity index (χ0) is 24.0. The normalized spacial score (nSPS) is 13.8. The highest BCUT2D eigenvalue weighted by molar-refractivity contribution is 5.89. The van der Waals surface area contributed by atoms with Crippen LogP contribution >= 0.6 is 0 Å². The van der Waals surface area contributed by atoms with E-state index in [4.69, 9.17) is 15.9 Å². The highest BCUT2D eigenvalue weighted by Gasteiger charge is 2.34. The van der Waals surface area contributed by atoms with E-state index in [0.29, 0.717) is 23.2 Å². The minimum atomic E-state index is -0.584. The highest BCUT2D eigenvalue weighted by Crippen LogP contribution is 2.39. The van der Waals surface area contributed by atoms with Gasteiger partial charge in [-0.05, 0) is 37.7 Å². The van der Waals surface area contributed by atoms with Gasteiger partial charge in [0.2, 0.25) is 5.96 Å². The lowest BCUT2D eigenvalue weighted by atomic mass is 9.78. The molecular weight excluding hydrogens is 418 g/mol. The van der Waals surface area contributed by atoms with Gasteiger partial charge in [-0.25, -0.2) is 4.79 Å². The summed E-state index contributed by atoms with van der Waals surface area (Å²) in [5, 5.41) is 19.9. The summed E-state index contributed by atoms with van der Waals surface area (Å²) in [5.41, 5.74) is 12.4. The number of para-hydroxylation sites is 1. The van der Waals surface area contributed by atoms with Crippen LogP contribution in [-0.2, 0) is 0 Å². The van der Waals surface area contributed by atoms with Crippen LogP contribution < -0.4 is 17.1 Å². The third-order valence-electron chi connectivity index (χ3n) is 5.90. The van der Waals surface area contributed by atoms with Crippen LogP contribution in [0.3, 0.4) is 0 Å². The van der Waals surface area contributed by atoms with Gasteiger partial charge in [0, 0.05) is 24.1 Å². The van der Waals surface area contributed by atoms with Crippen LogP contribution in [0.15, 0.2) is 74.0 Å². The molecule has 2 aromatic carbocycles. The van der Waals surface area contributed by atoms with Crippen molar-refractivity contribution in [3.63, 3.8) is 0 Å². The van der Waals surface area contributed by atoms with Crippen LogP contribution in [0.5, 0.6) is 5.75 Å². The number of benzene rings is 2. The average molecular weight is 450 g/mol. The van der Waals surface area contributed by atoms with E-state index in [-0.39, 0.29) is 23.2 Å². The van der Waals surface area contributed by atoms with Gasteiger partial charge in [-0.2, -0.15) is 5.10 Å². The van der Waals surface area contributed by atoms with Crippen molar-refractivity contribution in [2.45, 2.75) is 26.7 Å². The van der Waals surface area contributed by atoms with Gasteiger partial charge in [0.05, 0.1) is 10.9 Å². The number of aromatic hydroxyl groups is 1. The first kappa shape index (κ1) is 24.0. The van der Waals surface area contributed by atoms with E-state index < -0.39 is 11.5 Å². The molecule has 0 saturated carbocycles. The van der Waals surface area contributed by atoms with Crippen molar-refractivity contribution in [2.75, 3.05) is 19.6 Å². The molecule has 0 bridgehead atoms. The SMILES string of the molecule is CCN(CC)C[C@H](/C(C)=N\N=C(N)N)[C@@H](c1ccccc1)c1c(O)c2ccccc2oc1=O. The van der Waals surface area contributed by atoms with Crippen molar-refractivity contribution >= 4 is 22.6 Å². The quantitative estimate of drug-likeness (QED) is 0.199. The number of nitrogens with two attached hydrogens (primary N) is 2. The fourth-order valence-corrected chi connectivity index (χ4v) is 4.13. The maximum Gasteiger partial charge on any atom is 0.343 e. The van der Waals surface area contributed by atoms with Gasteiger partial charge in [-0.3, -0.25) is 0 Å². The molecule has 0 spiro atoms. The first-order valence-electron chi connectivity index (χ1n) is 11.0. The van der Waals surface area contributed by atoms with Gasteiger partial charge in [-0.15, -0.1) is 5.10 Å². The molecule has 0 amide bonds. The van der Waals surface area contributed by atoms with Crippen molar-refractivity contribution in [3.05, 3.63) is 76.1 Å². The van der Waals surface area contributed by atoms with Crippen molar-refractivity contribution < 1.29 is 9.52 Å². The molecule has 1 aromatic heterocycles. The molecule has 2 atom stereocenters. The molecule has 8 heteroatoms. The summed E-state index contributed by atoms with van der Waals surface area (Å²) < 4.78 is 5.63. The van der Waals surface area contributed by atoms with Crippen LogP contribution in [0.4, 0.5) is 0 Å². The molecule has 5 N–H and O–H groups in total. The maximum atomic E-state index is 13.2. The van der Waals surface area contributed by atoms with E-state index >= 15 is 0 Å². The largest absolute Gasteiger partial charge is 0.507 e. The average Bonchev–Trinajstić information content (AvgIpc) is 2.82. The Bertz CT molecular complexity index is 1200. The Balaban J connectivity index is 2.30. The lowest BCUT2D eigenvalue weighted by Crippen LogP contribution is -2.37. The molecule has 0 aliphatic rings. The van der Waals surface area contributed by atoms with Crippen molar-refractivity contribution in [1.29, 1.82) is 0 Å². The summed E-state index contributed by atoms with van der Waals surface area (Å²) in [6.45, 7) is 8.17. The third kappa shape index (κ3) is 5.40. The summed E-state index contributed by atoms with van der Waals surface area (Å²) in [4.78, 5) is 15.5. The Morgan fingerprint density at radius 1 is 1.03 bits per heavy atom. The zero-order valence-electron chi connectivity index (χ0n) is 19.2. The summed E-state index contributed by atoms with van der Waals surface area (Å²) in [6.07, 6.45) is 0. The van der Waals surface area contributed by atoms with Gasteiger partial charge in [0.15, 0.2) is 0 Å². The predicted molar refractivity (Wildman–Crippen MR) is 133 cm³/mol. The van der Waals surface area contributed by atoms with E-state index in [1.807, 2.05) is 37.3 Å². The number of nitrogens with zero attached hydrogens (tertiary/aromatic N) is 3. The molecule has 0 aliphatic carbocycles. The Morgan fingerprint density at radius 3 is 2.30 bits per heavy atom. The van der Waals surface area contributed by atoms with Gasteiger partial charge >= 0.3 is 5.63 Å². The second-order valence-electron chi connectivity index (χ2n) is 7.89. The highest BCUT2D eigenvalue weighted by atomic mass is 16.4. The molecule has 0 fully saturated rings. The van der Waals surface area contributed by atoms with E-state index in [1.165, 1.54) is 0 Å². The number of rotatable bonds is 9. The summed E-state index contributed by atoms with van der Waals surface area (Å²) >= 11 is 0. The maximum absolute atomic E-state index is 13.2. The van der Waals surface area contributed by atoms with Gasteiger partial charge in [0.1, 0.15) is 11.3 Å². The number of hydrogen-bond acceptors (Lipinski definition) is 6. The lowest BCUT2D eigenvalue weighted by Gasteiger charge is -2.32. The summed E-state index contributed by atoms with van der Waals surface area (Å²) in [6, 6.07) is 16.5. The molecule has 33 heavy (non-hydrogen) atoms. The number of hydrogen-bond donors (Lipinski definition) is 3. The van der Waals surface area contributed by atoms with Crippen LogP contribution in [0.2, 0.25) is 0 Å². The Labute approximate surface area is 193 Å². The fourth-order valence-electron chi connectivity index (χ4n) is 4.13. The molecular formula is C25H31N5O3. The Kier molecular flexibility index (Phi) is 7.84. The monoisotopic (exact) mass is 449 g/mol. The first-order chi connectivity index (χ1) is 15.9. The molecule has 0 saturated heterocycles. The topological polar surface area (TPSA) is 130 Å². The molecule has 0 radical (unpaired) electrons. The van der Waals surface area contributed by atoms with Crippen molar-refractivity contribution in [3.8, 4) is 5.75 Å². The van der Waals surface area contributed by atoms with Crippen LogP contribution in [0, 0.1) is 5.92 Å². The van der Waals surface area contributed by atoms with Gasteiger partial charge < -0.3 is 25.9 Å². The van der Waals surface area contributed by atoms with Gasteiger partial charge in [0.25, 0.3) is 0 Å². The predicted octanol–water partition coefficient (Wildman–Crippen LogP) is 3.24. The number of guanidine groups is 1. The van der Waals surface area contributed by atoms with E-state index in [2.05, 4.69) is 29.0 Å². The minimum Gasteiger partial charge on any atom is -0.507 e. The summed E-state index contributed by atoms with van der Waals surface area (Å²) in [7, 11) is 0. The Hall–Kier alpha value is -3.65. The molecule has 8 nitrogen and oxygen atoms in total. The van der Waals surface area contributed by atoms with Crippen LogP contribution in [0.1, 0.15) is 37.8 Å². The van der Waals surface area contributed by atoms with Crippen molar-refractivity contribution in [2.24, 2.45) is 27.6 Å². The second kappa shape index (κ2) is 10.8. The summed E-state index contributed by atoms with van der Waals surface area (Å²) in [5.74, 6) is -1.09. The van der Waals surface area contributed by atoms with Crippen LogP contribution in [0.25, 0.3) is 11.0 Å². The molecule has 1 heterocycles. The smallest absolute Gasteiger partial charge is 0.343 e. The minimum absolute atomic E-state index is 0.0881. The lowest BCUT2D eigenvalue weighted by molar-refractivity contribution is 0.269. The van der Waals surface area contributed by atoms with Crippen LogP contribution in [-0.4, -0.2) is 41.3 Å². The van der Waals surface area contributed by atoms with E-state index in [0.717, 1.165) is 18.7 Å². The molecule has 174 valence electrons. The van der Waals surface area contributed by atoms with Gasteiger partial charge in [-0.1, -0.05) is 56.3 Å². The zero-order valence-corrected chi connectivity index (χ0v) is 19.2. The number of fused-ring (bicyclic) bond motifs is 1. The molecule has 0 unspecified atom stereocenters. The first-order valence-corrected chi connectivity index (χ1v) is 11.0. The van der Waals surface area contributed by atoms with E-state index in [1.54, 1.807) is 24.3 Å². The Morgan fingerprint density at radius 2 is 1.67 bits per heavy atom. The van der Waals surface area contributed by atoms with E-state index in [9.17, 15) is 9.90 Å². The molecule has 3 rings (SSSR count). The second-order valence-corrected chi connectivity index (χ2v) is 7.89. The van der Waals surface area contributed by atoms with Crippen molar-refractivity contribution in [1.82, 2.24) is 4.90 Å². The molecule has 3 aromatic rings.